The van der Waals surface area contributed by atoms with Crippen molar-refractivity contribution in [2.24, 2.45) is 0 Å². The van der Waals surface area contributed by atoms with E-state index in [2.05, 4.69) is 20.9 Å². The lowest BCUT2D eigenvalue weighted by molar-refractivity contribution is -0.137. The van der Waals surface area contributed by atoms with Crippen LogP contribution < -0.4 is 20.7 Å². The zero-order chi connectivity index (χ0) is 25.9. The number of carbonyl (C=O) groups is 2. The van der Waals surface area contributed by atoms with Gasteiger partial charge in [-0.1, -0.05) is 35.9 Å². The van der Waals surface area contributed by atoms with Gasteiger partial charge in [-0.2, -0.15) is 13.2 Å². The van der Waals surface area contributed by atoms with Crippen LogP contribution in [0, 0.1) is 0 Å². The maximum Gasteiger partial charge on any atom is 0.417 e. The number of nitrogens with zero attached hydrogens (tertiary/aromatic N) is 1. The van der Waals surface area contributed by atoms with E-state index in [4.69, 9.17) is 16.3 Å². The lowest BCUT2D eigenvalue weighted by atomic mass is 10.1. The molecule has 11 heteroatoms. The van der Waals surface area contributed by atoms with Crippen LogP contribution in [0.15, 0.2) is 72.9 Å². The molecule has 1 aromatic heterocycles. The van der Waals surface area contributed by atoms with E-state index >= 15 is 0 Å². The number of hydrogen-bond acceptors (Lipinski definition) is 4. The van der Waals surface area contributed by atoms with Crippen molar-refractivity contribution in [2.45, 2.75) is 6.18 Å². The Kier molecular flexibility index (Phi) is 6.98. The third-order valence-electron chi connectivity index (χ3n) is 5.08. The molecule has 0 aliphatic heterocycles. The number of nitrogens with one attached hydrogen (secondary N) is 3. The van der Waals surface area contributed by atoms with E-state index in [0.717, 1.165) is 12.1 Å². The van der Waals surface area contributed by atoms with Gasteiger partial charge in [0.05, 0.1) is 16.3 Å². The SMILES string of the molecule is CNC(=O)c1cc(Oc2ccc(NC(=O)Nc3ccc(Cl)c(C(F)(F)F)c3)c3ccccc23)ccn1. The van der Waals surface area contributed by atoms with Gasteiger partial charge in [0.1, 0.15) is 17.2 Å². The topological polar surface area (TPSA) is 92.4 Å². The molecule has 0 saturated heterocycles. The minimum Gasteiger partial charge on any atom is -0.457 e. The van der Waals surface area contributed by atoms with Crippen molar-refractivity contribution in [3.05, 3.63) is 89.2 Å². The highest BCUT2D eigenvalue weighted by molar-refractivity contribution is 6.31. The van der Waals surface area contributed by atoms with Gasteiger partial charge in [0.2, 0.25) is 0 Å². The highest BCUT2D eigenvalue weighted by Crippen LogP contribution is 2.37. The third kappa shape index (κ3) is 5.49. The molecule has 36 heavy (non-hydrogen) atoms. The number of anilines is 2. The normalized spacial score (nSPS) is 11.1. The van der Waals surface area contributed by atoms with Crippen molar-refractivity contribution >= 4 is 45.7 Å². The average molecular weight is 515 g/mol. The molecule has 4 aromatic rings. The number of aromatic nitrogens is 1. The lowest BCUT2D eigenvalue weighted by Gasteiger charge is -2.15. The second-order valence-electron chi connectivity index (χ2n) is 7.49. The molecule has 0 aliphatic rings. The van der Waals surface area contributed by atoms with Crippen LogP contribution in [0.3, 0.4) is 0 Å². The molecule has 3 N–H and O–H groups in total. The van der Waals surface area contributed by atoms with Crippen molar-refractivity contribution in [3.63, 3.8) is 0 Å². The number of pyridine rings is 1. The molecular formula is C25H18ClF3N4O3. The Morgan fingerprint density at radius 1 is 0.944 bits per heavy atom. The monoisotopic (exact) mass is 514 g/mol. The van der Waals surface area contributed by atoms with Crippen LogP contribution in [0.1, 0.15) is 16.1 Å². The summed E-state index contributed by atoms with van der Waals surface area (Å²) in [5.74, 6) is 0.479. The Morgan fingerprint density at radius 3 is 2.42 bits per heavy atom. The number of fused-ring (bicyclic) bond motifs is 1. The zero-order valence-electron chi connectivity index (χ0n) is 18.6. The molecule has 0 atom stereocenters. The lowest BCUT2D eigenvalue weighted by Crippen LogP contribution is -2.20. The number of urea groups is 1. The van der Waals surface area contributed by atoms with Crippen molar-refractivity contribution in [1.82, 2.24) is 10.3 Å². The van der Waals surface area contributed by atoms with Crippen LogP contribution in [-0.4, -0.2) is 24.0 Å². The number of benzene rings is 3. The quantitative estimate of drug-likeness (QED) is 0.276. The standard InChI is InChI=1S/C25H18ClF3N4O3/c1-30-23(34)21-13-15(10-11-31-21)36-22-9-8-20(16-4-2-3-5-17(16)22)33-24(35)32-14-6-7-19(26)18(12-14)25(27,28)29/h2-13H,1H3,(H,30,34)(H2,32,33,35). The first kappa shape index (κ1) is 24.8. The van der Waals surface area contributed by atoms with Crippen LogP contribution in [0.5, 0.6) is 11.5 Å². The van der Waals surface area contributed by atoms with E-state index in [1.54, 1.807) is 42.5 Å². The highest BCUT2D eigenvalue weighted by Gasteiger charge is 2.33. The minimum atomic E-state index is -4.66. The average Bonchev–Trinajstić information content (AvgIpc) is 2.85. The molecule has 0 saturated carbocycles. The van der Waals surface area contributed by atoms with E-state index in [1.807, 2.05) is 0 Å². The maximum atomic E-state index is 13.1. The van der Waals surface area contributed by atoms with Crippen molar-refractivity contribution in [2.75, 3.05) is 17.7 Å². The summed E-state index contributed by atoms with van der Waals surface area (Å²) < 4.78 is 45.3. The van der Waals surface area contributed by atoms with Crippen LogP contribution in [0.2, 0.25) is 5.02 Å². The molecule has 3 amide bonds. The van der Waals surface area contributed by atoms with E-state index in [0.29, 0.717) is 28.0 Å². The predicted molar refractivity (Wildman–Crippen MR) is 131 cm³/mol. The fourth-order valence-corrected chi connectivity index (χ4v) is 3.65. The second kappa shape index (κ2) is 10.1. The summed E-state index contributed by atoms with van der Waals surface area (Å²) in [7, 11) is 1.50. The van der Waals surface area contributed by atoms with Gasteiger partial charge in [0.25, 0.3) is 5.91 Å². The fraction of sp³-hybridized carbons (Fsp3) is 0.0800. The largest absolute Gasteiger partial charge is 0.457 e. The number of carbonyl (C=O) groups excluding carboxylic acids is 2. The Balaban J connectivity index is 1.57. The van der Waals surface area contributed by atoms with Crippen molar-refractivity contribution in [1.29, 1.82) is 0 Å². The summed E-state index contributed by atoms with van der Waals surface area (Å²) in [5.41, 5.74) is -0.533. The highest BCUT2D eigenvalue weighted by atomic mass is 35.5. The predicted octanol–water partition coefficient (Wildman–Crippen LogP) is 6.70. The Bertz CT molecular complexity index is 1460. The van der Waals surface area contributed by atoms with Gasteiger partial charge in [0.15, 0.2) is 0 Å². The number of halogens is 4. The molecule has 0 bridgehead atoms. The molecular weight excluding hydrogens is 497 g/mol. The molecule has 1 heterocycles. The van der Waals surface area contributed by atoms with Crippen LogP contribution in [-0.2, 0) is 6.18 Å². The first-order valence-electron chi connectivity index (χ1n) is 10.5. The van der Waals surface area contributed by atoms with Gasteiger partial charge in [-0.25, -0.2) is 4.79 Å². The number of amides is 3. The minimum absolute atomic E-state index is 0.0712. The number of alkyl halides is 3. The summed E-state index contributed by atoms with van der Waals surface area (Å²) >= 11 is 5.63. The van der Waals surface area contributed by atoms with Crippen LogP contribution in [0.4, 0.5) is 29.3 Å². The first-order valence-corrected chi connectivity index (χ1v) is 10.9. The van der Waals surface area contributed by atoms with Crippen molar-refractivity contribution < 1.29 is 27.5 Å². The summed E-state index contributed by atoms with van der Waals surface area (Å²) in [4.78, 5) is 28.4. The summed E-state index contributed by atoms with van der Waals surface area (Å²) in [6, 6.07) is 15.8. The number of ether oxygens (including phenoxy) is 1. The van der Waals surface area contributed by atoms with Crippen LogP contribution in [0.25, 0.3) is 10.8 Å². The van der Waals surface area contributed by atoms with Gasteiger partial charge < -0.3 is 20.7 Å². The summed E-state index contributed by atoms with van der Waals surface area (Å²) in [6.45, 7) is 0. The molecule has 4 rings (SSSR count). The molecule has 0 unspecified atom stereocenters. The van der Waals surface area contributed by atoms with Crippen molar-refractivity contribution in [3.8, 4) is 11.5 Å². The third-order valence-corrected chi connectivity index (χ3v) is 5.41. The van der Waals surface area contributed by atoms with Gasteiger partial charge >= 0.3 is 12.2 Å². The second-order valence-corrected chi connectivity index (χ2v) is 7.89. The first-order chi connectivity index (χ1) is 17.2. The molecule has 0 spiro atoms. The Hall–Kier alpha value is -4.31. The van der Waals surface area contributed by atoms with Gasteiger partial charge in [-0.3, -0.25) is 9.78 Å². The Morgan fingerprint density at radius 2 is 1.69 bits per heavy atom. The van der Waals surface area contributed by atoms with E-state index in [1.165, 1.54) is 25.4 Å². The fourth-order valence-electron chi connectivity index (χ4n) is 3.43. The molecule has 0 aliphatic carbocycles. The van der Waals surface area contributed by atoms with Gasteiger partial charge in [-0.05, 0) is 36.4 Å². The molecule has 7 nitrogen and oxygen atoms in total. The molecule has 0 fully saturated rings. The molecule has 0 radical (unpaired) electrons. The zero-order valence-corrected chi connectivity index (χ0v) is 19.4. The summed E-state index contributed by atoms with van der Waals surface area (Å²) in [6.07, 6.45) is -3.21. The molecule has 184 valence electrons. The van der Waals surface area contributed by atoms with Gasteiger partial charge in [-0.15, -0.1) is 0 Å². The van der Waals surface area contributed by atoms with E-state index < -0.39 is 22.8 Å². The number of rotatable bonds is 5. The van der Waals surface area contributed by atoms with E-state index in [-0.39, 0.29) is 17.3 Å². The smallest absolute Gasteiger partial charge is 0.417 e. The molecule has 3 aromatic carbocycles. The van der Waals surface area contributed by atoms with Crippen LogP contribution >= 0.6 is 11.6 Å². The summed E-state index contributed by atoms with van der Waals surface area (Å²) in [5, 5.41) is 8.33. The van der Waals surface area contributed by atoms with Gasteiger partial charge in [0, 0.05) is 35.8 Å². The Labute approximate surface area is 208 Å². The van der Waals surface area contributed by atoms with E-state index in [9.17, 15) is 22.8 Å². The number of hydrogen-bond donors (Lipinski definition) is 3. The maximum absolute atomic E-state index is 13.1.